The van der Waals surface area contributed by atoms with Crippen LogP contribution in [0, 0.1) is 13.8 Å². The van der Waals surface area contributed by atoms with Crippen LogP contribution in [0.3, 0.4) is 0 Å². The molecule has 0 aliphatic carbocycles. The van der Waals surface area contributed by atoms with Crippen molar-refractivity contribution >= 4 is 11.6 Å². The average Bonchev–Trinajstić information content (AvgIpc) is 2.71. The van der Waals surface area contributed by atoms with Gasteiger partial charge >= 0.3 is 0 Å². The predicted molar refractivity (Wildman–Crippen MR) is 110 cm³/mol. The number of para-hydroxylation sites is 1. The molecular formula is C23H28N2O3. The highest BCUT2D eigenvalue weighted by molar-refractivity contribution is 5.95. The maximum absolute atomic E-state index is 12.4. The maximum atomic E-state index is 12.4. The molecule has 5 nitrogen and oxygen atoms in total. The Morgan fingerprint density at radius 3 is 2.36 bits per heavy atom. The molecule has 0 saturated carbocycles. The van der Waals surface area contributed by atoms with E-state index in [4.69, 9.17) is 4.74 Å². The summed E-state index contributed by atoms with van der Waals surface area (Å²) in [7, 11) is 0. The number of hydrogen-bond donors (Lipinski definition) is 1. The molecule has 5 heteroatoms. The lowest BCUT2D eigenvalue weighted by atomic mass is 9.88. The summed E-state index contributed by atoms with van der Waals surface area (Å²) in [6, 6.07) is 14.0. The fourth-order valence-electron chi connectivity index (χ4n) is 4.37. The number of carbonyl (C=O) groups is 1. The van der Waals surface area contributed by atoms with E-state index in [0.717, 1.165) is 49.3 Å². The SMILES string of the molecule is Cc1cc(CN2CCC3(CC2)CN(c2ccccc2)C(=O)CO3)cc(C)c1O. The van der Waals surface area contributed by atoms with E-state index in [1.54, 1.807) is 0 Å². The normalized spacial score (nSPS) is 19.9. The van der Waals surface area contributed by atoms with Gasteiger partial charge in [-0.05, 0) is 55.5 Å². The highest BCUT2D eigenvalue weighted by Crippen LogP contribution is 2.33. The van der Waals surface area contributed by atoms with E-state index >= 15 is 0 Å². The number of rotatable bonds is 3. The first-order chi connectivity index (χ1) is 13.5. The van der Waals surface area contributed by atoms with Crippen LogP contribution in [-0.4, -0.2) is 47.8 Å². The van der Waals surface area contributed by atoms with Gasteiger partial charge in [0.2, 0.25) is 0 Å². The smallest absolute Gasteiger partial charge is 0.253 e. The number of phenolic OH excluding ortho intramolecular Hbond substituents is 1. The second-order valence-electron chi connectivity index (χ2n) is 8.14. The lowest BCUT2D eigenvalue weighted by Gasteiger charge is -2.47. The fourth-order valence-corrected chi connectivity index (χ4v) is 4.37. The molecule has 28 heavy (non-hydrogen) atoms. The molecule has 1 spiro atoms. The monoisotopic (exact) mass is 380 g/mol. The van der Waals surface area contributed by atoms with Gasteiger partial charge in [-0.25, -0.2) is 0 Å². The van der Waals surface area contributed by atoms with Gasteiger partial charge in [0, 0.05) is 25.3 Å². The molecule has 1 amide bonds. The standard InChI is InChI=1S/C23H28N2O3/c1-17-12-19(13-18(2)22(17)27)14-24-10-8-23(9-11-24)16-25(21(26)15-28-23)20-6-4-3-5-7-20/h3-7,12-13,27H,8-11,14-16H2,1-2H3. The van der Waals surface area contributed by atoms with E-state index < -0.39 is 0 Å². The molecule has 0 aromatic heterocycles. The zero-order valence-electron chi connectivity index (χ0n) is 16.6. The third-order valence-corrected chi connectivity index (χ3v) is 6.04. The second-order valence-corrected chi connectivity index (χ2v) is 8.14. The molecule has 2 fully saturated rings. The number of carbonyl (C=O) groups excluding carboxylic acids is 1. The zero-order chi connectivity index (χ0) is 19.7. The summed E-state index contributed by atoms with van der Waals surface area (Å²) in [6.45, 7) is 7.43. The van der Waals surface area contributed by atoms with Gasteiger partial charge in [-0.2, -0.15) is 0 Å². The Labute approximate surface area is 166 Å². The minimum absolute atomic E-state index is 0.0364. The van der Waals surface area contributed by atoms with E-state index in [1.165, 1.54) is 5.56 Å². The van der Waals surface area contributed by atoms with Gasteiger partial charge < -0.3 is 14.7 Å². The molecular weight excluding hydrogens is 352 g/mol. The highest BCUT2D eigenvalue weighted by Gasteiger charge is 2.42. The molecule has 4 rings (SSSR count). The predicted octanol–water partition coefficient (Wildman–Crippen LogP) is 3.41. The number of likely N-dealkylation sites (tertiary alicyclic amines) is 1. The van der Waals surface area contributed by atoms with Crippen LogP contribution in [0.1, 0.15) is 29.5 Å². The van der Waals surface area contributed by atoms with E-state index in [-0.39, 0.29) is 18.1 Å². The van der Waals surface area contributed by atoms with Crippen molar-refractivity contribution in [3.63, 3.8) is 0 Å². The number of phenols is 1. The second kappa shape index (κ2) is 7.57. The molecule has 2 saturated heterocycles. The Kier molecular flexibility index (Phi) is 5.13. The van der Waals surface area contributed by atoms with Crippen LogP contribution in [0.25, 0.3) is 0 Å². The minimum Gasteiger partial charge on any atom is -0.507 e. The van der Waals surface area contributed by atoms with Crippen LogP contribution < -0.4 is 4.90 Å². The van der Waals surface area contributed by atoms with Crippen LogP contribution in [0.2, 0.25) is 0 Å². The highest BCUT2D eigenvalue weighted by atomic mass is 16.5. The molecule has 2 aliphatic heterocycles. The fraction of sp³-hybridized carbons (Fsp3) is 0.435. The van der Waals surface area contributed by atoms with Crippen molar-refractivity contribution in [3.05, 3.63) is 59.2 Å². The summed E-state index contributed by atoms with van der Waals surface area (Å²) < 4.78 is 6.07. The number of morpholine rings is 1. The van der Waals surface area contributed by atoms with Crippen molar-refractivity contribution in [2.75, 3.05) is 31.1 Å². The number of aryl methyl sites for hydroxylation is 2. The van der Waals surface area contributed by atoms with Gasteiger partial charge in [0.05, 0.1) is 12.1 Å². The maximum Gasteiger partial charge on any atom is 0.253 e. The minimum atomic E-state index is -0.249. The third kappa shape index (κ3) is 3.77. The molecule has 2 aromatic carbocycles. The van der Waals surface area contributed by atoms with Crippen molar-refractivity contribution in [2.24, 2.45) is 0 Å². The van der Waals surface area contributed by atoms with Crippen LogP contribution >= 0.6 is 0 Å². The van der Waals surface area contributed by atoms with E-state index in [0.29, 0.717) is 12.3 Å². The molecule has 2 aliphatic rings. The van der Waals surface area contributed by atoms with Crippen molar-refractivity contribution in [1.29, 1.82) is 0 Å². The van der Waals surface area contributed by atoms with Gasteiger partial charge in [0.1, 0.15) is 12.4 Å². The Morgan fingerprint density at radius 1 is 1.07 bits per heavy atom. The van der Waals surface area contributed by atoms with E-state index in [9.17, 15) is 9.90 Å². The summed E-state index contributed by atoms with van der Waals surface area (Å²) >= 11 is 0. The first kappa shape index (κ1) is 19.0. The van der Waals surface area contributed by atoms with Crippen molar-refractivity contribution in [3.8, 4) is 5.75 Å². The Balaban J connectivity index is 1.41. The zero-order valence-corrected chi connectivity index (χ0v) is 16.6. The number of anilines is 1. The van der Waals surface area contributed by atoms with Crippen LogP contribution in [0.5, 0.6) is 5.75 Å². The van der Waals surface area contributed by atoms with Crippen LogP contribution in [0.4, 0.5) is 5.69 Å². The van der Waals surface area contributed by atoms with E-state index in [1.807, 2.05) is 49.1 Å². The first-order valence-corrected chi connectivity index (χ1v) is 9.97. The van der Waals surface area contributed by atoms with E-state index in [2.05, 4.69) is 17.0 Å². The average molecular weight is 380 g/mol. The number of hydrogen-bond acceptors (Lipinski definition) is 4. The molecule has 2 heterocycles. The summed E-state index contributed by atoms with van der Waals surface area (Å²) in [4.78, 5) is 16.7. The van der Waals surface area contributed by atoms with Gasteiger partial charge in [-0.15, -0.1) is 0 Å². The van der Waals surface area contributed by atoms with Crippen LogP contribution in [-0.2, 0) is 16.1 Å². The molecule has 0 radical (unpaired) electrons. The Hall–Kier alpha value is -2.37. The Morgan fingerprint density at radius 2 is 1.71 bits per heavy atom. The van der Waals surface area contributed by atoms with Crippen LogP contribution in [0.15, 0.2) is 42.5 Å². The van der Waals surface area contributed by atoms with Crippen molar-refractivity contribution < 1.29 is 14.6 Å². The molecule has 148 valence electrons. The van der Waals surface area contributed by atoms with Crippen molar-refractivity contribution in [1.82, 2.24) is 4.90 Å². The molecule has 2 aromatic rings. The number of aromatic hydroxyl groups is 1. The summed E-state index contributed by atoms with van der Waals surface area (Å²) in [6.07, 6.45) is 1.83. The topological polar surface area (TPSA) is 53.0 Å². The van der Waals surface area contributed by atoms with Gasteiger partial charge in [-0.1, -0.05) is 30.3 Å². The third-order valence-electron chi connectivity index (χ3n) is 6.04. The number of benzene rings is 2. The lowest BCUT2D eigenvalue weighted by Crippen LogP contribution is -2.58. The Bertz CT molecular complexity index is 834. The van der Waals surface area contributed by atoms with Crippen molar-refractivity contribution in [2.45, 2.75) is 38.8 Å². The number of piperidine rings is 1. The van der Waals surface area contributed by atoms with Gasteiger partial charge in [-0.3, -0.25) is 9.69 Å². The summed E-state index contributed by atoms with van der Waals surface area (Å²) in [5, 5.41) is 9.98. The first-order valence-electron chi connectivity index (χ1n) is 9.97. The molecule has 1 N–H and O–H groups in total. The summed E-state index contributed by atoms with van der Waals surface area (Å²) in [5.41, 5.74) is 3.79. The van der Waals surface area contributed by atoms with Gasteiger partial charge in [0.15, 0.2) is 0 Å². The quantitative estimate of drug-likeness (QED) is 0.887. The number of nitrogens with zero attached hydrogens (tertiary/aromatic N) is 2. The molecule has 0 unspecified atom stereocenters. The molecule has 0 bridgehead atoms. The number of amides is 1. The van der Waals surface area contributed by atoms with Gasteiger partial charge in [0.25, 0.3) is 5.91 Å². The largest absolute Gasteiger partial charge is 0.507 e. The summed E-state index contributed by atoms with van der Waals surface area (Å²) in [5.74, 6) is 0.428. The number of ether oxygens (including phenoxy) is 1. The molecule has 0 atom stereocenters. The lowest BCUT2D eigenvalue weighted by molar-refractivity contribution is -0.144.